The van der Waals surface area contributed by atoms with Gasteiger partial charge in [0.05, 0.1) is 6.10 Å². The van der Waals surface area contributed by atoms with Crippen molar-refractivity contribution in [1.29, 1.82) is 0 Å². The number of aliphatic hydroxyl groups is 1. The Labute approximate surface area is 86.9 Å². The molecule has 0 radical (unpaired) electrons. The molecule has 14 heavy (non-hydrogen) atoms. The topological polar surface area (TPSA) is 38.7 Å². The van der Waals surface area contributed by atoms with Gasteiger partial charge in [-0.1, -0.05) is 0 Å². The maximum Gasteiger partial charge on any atom is 0.0791 e. The van der Waals surface area contributed by atoms with Crippen LogP contribution in [-0.2, 0) is 0 Å². The third-order valence-electron chi connectivity index (χ3n) is 2.89. The van der Waals surface area contributed by atoms with E-state index in [4.69, 9.17) is 0 Å². The van der Waals surface area contributed by atoms with E-state index >= 15 is 0 Å². The lowest BCUT2D eigenvalue weighted by atomic mass is 10.2. The lowest BCUT2D eigenvalue weighted by Crippen LogP contribution is -2.38. The number of aliphatic hydroxyl groups excluding tert-OH is 1. The zero-order chi connectivity index (χ0) is 10.6. The molecule has 0 amide bonds. The molecule has 2 atom stereocenters. The van der Waals surface area contributed by atoms with Crippen LogP contribution in [0, 0.1) is 0 Å². The molecule has 1 heterocycles. The molecule has 1 aliphatic rings. The van der Waals surface area contributed by atoms with Gasteiger partial charge in [-0.3, -0.25) is 4.90 Å². The van der Waals surface area contributed by atoms with Crippen molar-refractivity contribution in [2.24, 2.45) is 0 Å². The number of rotatable bonds is 5. The van der Waals surface area contributed by atoms with Gasteiger partial charge in [-0.2, -0.15) is 0 Å². The van der Waals surface area contributed by atoms with Crippen LogP contribution in [0.3, 0.4) is 0 Å². The molecule has 4 nitrogen and oxygen atoms in total. The Hall–Kier alpha value is -0.160. The first-order valence-electron chi connectivity index (χ1n) is 5.35. The molecule has 4 heteroatoms. The summed E-state index contributed by atoms with van der Waals surface area (Å²) in [6, 6.07) is 0.664. The number of hydrogen-bond acceptors (Lipinski definition) is 4. The molecule has 0 aromatic rings. The van der Waals surface area contributed by atoms with Crippen LogP contribution in [-0.4, -0.2) is 74.4 Å². The third kappa shape index (κ3) is 3.53. The van der Waals surface area contributed by atoms with Crippen LogP contribution >= 0.6 is 0 Å². The van der Waals surface area contributed by atoms with Crippen molar-refractivity contribution in [3.05, 3.63) is 0 Å². The molecule has 84 valence electrons. The summed E-state index contributed by atoms with van der Waals surface area (Å²) >= 11 is 0. The summed E-state index contributed by atoms with van der Waals surface area (Å²) in [6.07, 6.45) is 0.986. The minimum Gasteiger partial charge on any atom is -0.390 e. The molecule has 0 aromatic carbocycles. The van der Waals surface area contributed by atoms with Crippen LogP contribution in [0.25, 0.3) is 0 Å². The highest BCUT2D eigenvalue weighted by molar-refractivity contribution is 4.82. The van der Waals surface area contributed by atoms with Crippen molar-refractivity contribution in [3.8, 4) is 0 Å². The van der Waals surface area contributed by atoms with Crippen LogP contribution in [0.4, 0.5) is 0 Å². The van der Waals surface area contributed by atoms with Crippen molar-refractivity contribution in [2.45, 2.75) is 18.6 Å². The fourth-order valence-electron chi connectivity index (χ4n) is 2.00. The van der Waals surface area contributed by atoms with E-state index in [-0.39, 0.29) is 6.10 Å². The molecule has 1 aliphatic heterocycles. The summed E-state index contributed by atoms with van der Waals surface area (Å²) in [5.74, 6) is 0. The van der Waals surface area contributed by atoms with Gasteiger partial charge in [0.15, 0.2) is 0 Å². The van der Waals surface area contributed by atoms with Gasteiger partial charge in [-0.25, -0.2) is 0 Å². The van der Waals surface area contributed by atoms with E-state index in [0.717, 1.165) is 19.6 Å². The lowest BCUT2D eigenvalue weighted by molar-refractivity contribution is 0.121. The van der Waals surface area contributed by atoms with E-state index < -0.39 is 0 Å². The van der Waals surface area contributed by atoms with Crippen molar-refractivity contribution < 1.29 is 5.11 Å². The average molecular weight is 201 g/mol. The second-order valence-corrected chi connectivity index (χ2v) is 4.38. The molecule has 2 unspecified atom stereocenters. The van der Waals surface area contributed by atoms with Gasteiger partial charge in [0.1, 0.15) is 0 Å². The largest absolute Gasteiger partial charge is 0.390 e. The highest BCUT2D eigenvalue weighted by Crippen LogP contribution is 2.12. The molecule has 1 rings (SSSR count). The summed E-state index contributed by atoms with van der Waals surface area (Å²) in [5, 5.41) is 12.6. The number of nitrogens with zero attached hydrogens (tertiary/aromatic N) is 2. The summed E-state index contributed by atoms with van der Waals surface area (Å²) in [6.45, 7) is 3.69. The van der Waals surface area contributed by atoms with Gasteiger partial charge in [0.2, 0.25) is 0 Å². The molecule has 0 spiro atoms. The molecule has 0 aromatic heterocycles. The Morgan fingerprint density at radius 2 is 2.29 bits per heavy atom. The summed E-state index contributed by atoms with van der Waals surface area (Å²) in [4.78, 5) is 4.61. The summed E-state index contributed by atoms with van der Waals surface area (Å²) in [7, 11) is 6.12. The number of likely N-dealkylation sites (N-methyl/N-ethyl adjacent to an activating group) is 2. The number of β-amino-alcohol motifs (C(OH)–C–C–N with tert-alkyl or cyclic N) is 1. The molecule has 0 aliphatic carbocycles. The average Bonchev–Trinajstić information content (AvgIpc) is 2.53. The maximum atomic E-state index is 9.62. The number of nitrogens with one attached hydrogen (secondary N) is 1. The molecular formula is C10H23N3O. The molecular weight excluding hydrogens is 178 g/mol. The molecule has 2 N–H and O–H groups in total. The van der Waals surface area contributed by atoms with Crippen LogP contribution in [0.1, 0.15) is 6.42 Å². The second kappa shape index (κ2) is 5.66. The van der Waals surface area contributed by atoms with E-state index in [1.165, 1.54) is 6.42 Å². The van der Waals surface area contributed by atoms with Crippen LogP contribution in [0.2, 0.25) is 0 Å². The van der Waals surface area contributed by atoms with Crippen molar-refractivity contribution in [3.63, 3.8) is 0 Å². The second-order valence-electron chi connectivity index (χ2n) is 4.38. The van der Waals surface area contributed by atoms with Gasteiger partial charge >= 0.3 is 0 Å². The van der Waals surface area contributed by atoms with Crippen LogP contribution < -0.4 is 5.32 Å². The first-order valence-corrected chi connectivity index (χ1v) is 5.35. The lowest BCUT2D eigenvalue weighted by Gasteiger charge is -2.22. The highest BCUT2D eigenvalue weighted by atomic mass is 16.3. The van der Waals surface area contributed by atoms with E-state index in [2.05, 4.69) is 29.2 Å². The van der Waals surface area contributed by atoms with Gasteiger partial charge in [-0.05, 0) is 34.1 Å². The van der Waals surface area contributed by atoms with Gasteiger partial charge in [0, 0.05) is 25.7 Å². The standard InChI is InChI=1S/C10H23N3O/c1-11-6-10(14)8-13-5-4-9(7-13)12(2)3/h9-11,14H,4-8H2,1-3H3. The van der Waals surface area contributed by atoms with E-state index in [9.17, 15) is 5.11 Å². The Morgan fingerprint density at radius 1 is 1.57 bits per heavy atom. The van der Waals surface area contributed by atoms with Crippen LogP contribution in [0.15, 0.2) is 0 Å². The molecule has 0 bridgehead atoms. The predicted octanol–water partition coefficient (Wildman–Crippen LogP) is -0.797. The van der Waals surface area contributed by atoms with E-state index in [1.54, 1.807) is 0 Å². The summed E-state index contributed by atoms with van der Waals surface area (Å²) < 4.78 is 0. The number of hydrogen-bond donors (Lipinski definition) is 2. The SMILES string of the molecule is CNCC(O)CN1CCC(N(C)C)C1. The quantitative estimate of drug-likeness (QED) is 0.611. The first kappa shape index (κ1) is 11.9. The normalized spacial score (nSPS) is 25.9. The molecule has 0 saturated carbocycles. The minimum absolute atomic E-state index is 0.235. The molecule has 1 saturated heterocycles. The Morgan fingerprint density at radius 3 is 2.79 bits per heavy atom. The van der Waals surface area contributed by atoms with Crippen molar-refractivity contribution in [2.75, 3.05) is 47.3 Å². The Bertz CT molecular complexity index is 163. The summed E-state index contributed by atoms with van der Waals surface area (Å²) in [5.41, 5.74) is 0. The van der Waals surface area contributed by atoms with Gasteiger partial charge in [0.25, 0.3) is 0 Å². The predicted molar refractivity (Wildman–Crippen MR) is 58.5 cm³/mol. The van der Waals surface area contributed by atoms with Gasteiger partial charge < -0.3 is 15.3 Å². The number of likely N-dealkylation sites (tertiary alicyclic amines) is 1. The maximum absolute atomic E-state index is 9.62. The van der Waals surface area contributed by atoms with E-state index in [1.807, 2.05) is 7.05 Å². The molecule has 1 fully saturated rings. The third-order valence-corrected chi connectivity index (χ3v) is 2.89. The van der Waals surface area contributed by atoms with E-state index in [0.29, 0.717) is 12.6 Å². The first-order chi connectivity index (χ1) is 6.63. The Kier molecular flexibility index (Phi) is 4.81. The Balaban J connectivity index is 2.21. The smallest absolute Gasteiger partial charge is 0.0791 e. The fraction of sp³-hybridized carbons (Fsp3) is 1.00. The zero-order valence-corrected chi connectivity index (χ0v) is 9.53. The fourth-order valence-corrected chi connectivity index (χ4v) is 2.00. The monoisotopic (exact) mass is 201 g/mol. The highest BCUT2D eigenvalue weighted by Gasteiger charge is 2.24. The van der Waals surface area contributed by atoms with Crippen LogP contribution in [0.5, 0.6) is 0 Å². The van der Waals surface area contributed by atoms with Gasteiger partial charge in [-0.15, -0.1) is 0 Å². The minimum atomic E-state index is -0.235. The van der Waals surface area contributed by atoms with Crippen molar-refractivity contribution >= 4 is 0 Å². The zero-order valence-electron chi connectivity index (χ0n) is 9.53. The van der Waals surface area contributed by atoms with Crippen molar-refractivity contribution in [1.82, 2.24) is 15.1 Å².